The van der Waals surface area contributed by atoms with Crippen molar-refractivity contribution >= 4 is 30.0 Å². The average Bonchev–Trinajstić information content (AvgIpc) is 4.11. The first-order chi connectivity index (χ1) is 29.4. The van der Waals surface area contributed by atoms with Crippen LogP contribution in [0.1, 0.15) is 113 Å². The van der Waals surface area contributed by atoms with Gasteiger partial charge in [0.1, 0.15) is 29.8 Å². The SMILES string of the molecule is COC(=O)N[C@H](C(=O)N1CCC[C@H]1c1ncc(-c2ccc(-c3ccc(-c4cnc([C@H]5CCCN5C(=O)[C@H](NC(=O)OC)C(C)C)[nH]4)c4c3C3CCC4C(=O)O3)cc2)[nH]1)C(C)C. The van der Waals surface area contributed by atoms with Gasteiger partial charge in [-0.2, -0.15) is 0 Å². The van der Waals surface area contributed by atoms with E-state index in [9.17, 15) is 24.0 Å². The molecule has 9 rings (SSSR count). The molecule has 322 valence electrons. The molecule has 4 aliphatic heterocycles. The lowest BCUT2D eigenvalue weighted by atomic mass is 9.73. The molecular weight excluding hydrogens is 781 g/mol. The van der Waals surface area contributed by atoms with Gasteiger partial charge in [-0.25, -0.2) is 19.6 Å². The van der Waals surface area contributed by atoms with E-state index >= 15 is 0 Å². The molecular formula is C45H54N8O8. The van der Waals surface area contributed by atoms with Gasteiger partial charge in [0, 0.05) is 24.2 Å². The molecule has 2 aromatic carbocycles. The maximum atomic E-state index is 13.8. The highest BCUT2D eigenvalue weighted by Crippen LogP contribution is 2.52. The number of carbonyl (C=O) groups is 5. The number of amides is 4. The highest BCUT2D eigenvalue weighted by atomic mass is 16.6. The van der Waals surface area contributed by atoms with Crippen molar-refractivity contribution in [3.8, 4) is 33.6 Å². The van der Waals surface area contributed by atoms with E-state index < -0.39 is 30.2 Å². The number of H-pyrrole nitrogens is 2. The highest BCUT2D eigenvalue weighted by Gasteiger charge is 2.44. The topological polar surface area (TPSA) is 201 Å². The highest BCUT2D eigenvalue weighted by molar-refractivity contribution is 5.90. The fourth-order valence-electron chi connectivity index (χ4n) is 9.54. The van der Waals surface area contributed by atoms with Crippen LogP contribution >= 0.6 is 0 Å². The van der Waals surface area contributed by atoms with Gasteiger partial charge in [-0.3, -0.25) is 14.4 Å². The van der Waals surface area contributed by atoms with Crippen molar-refractivity contribution in [2.45, 2.75) is 102 Å². The smallest absolute Gasteiger partial charge is 0.407 e. The van der Waals surface area contributed by atoms with E-state index in [-0.39, 0.29) is 47.8 Å². The fourth-order valence-corrected chi connectivity index (χ4v) is 9.54. The second kappa shape index (κ2) is 17.1. The maximum Gasteiger partial charge on any atom is 0.407 e. The van der Waals surface area contributed by atoms with Crippen LogP contribution in [-0.4, -0.2) is 99.1 Å². The lowest BCUT2D eigenvalue weighted by molar-refractivity contribution is -0.159. The average molecular weight is 835 g/mol. The van der Waals surface area contributed by atoms with Gasteiger partial charge in [0.15, 0.2) is 0 Å². The predicted molar refractivity (Wildman–Crippen MR) is 224 cm³/mol. The summed E-state index contributed by atoms with van der Waals surface area (Å²) in [5.41, 5.74) is 7.30. The Morgan fingerprint density at radius 2 is 1.20 bits per heavy atom. The number of rotatable bonds is 11. The molecule has 0 spiro atoms. The molecule has 5 aliphatic rings. The van der Waals surface area contributed by atoms with Gasteiger partial charge >= 0.3 is 18.2 Å². The third kappa shape index (κ3) is 7.83. The molecule has 3 fully saturated rings. The largest absolute Gasteiger partial charge is 0.457 e. The van der Waals surface area contributed by atoms with Crippen molar-refractivity contribution in [1.82, 2.24) is 40.4 Å². The van der Waals surface area contributed by atoms with Crippen LogP contribution in [0.2, 0.25) is 0 Å². The van der Waals surface area contributed by atoms with Crippen molar-refractivity contribution in [1.29, 1.82) is 0 Å². The molecule has 4 N–H and O–H groups in total. The molecule has 4 aromatic rings. The van der Waals surface area contributed by atoms with Crippen molar-refractivity contribution in [3.05, 3.63) is 71.6 Å². The summed E-state index contributed by atoms with van der Waals surface area (Å²) in [7, 11) is 2.56. The monoisotopic (exact) mass is 834 g/mol. The Labute approximate surface area is 354 Å². The van der Waals surface area contributed by atoms with Crippen LogP contribution in [-0.2, 0) is 28.6 Å². The number of ether oxygens (including phenoxy) is 3. The zero-order valence-corrected chi connectivity index (χ0v) is 35.4. The summed E-state index contributed by atoms with van der Waals surface area (Å²) in [4.78, 5) is 84.9. The Kier molecular flexibility index (Phi) is 11.6. The molecule has 16 heteroatoms. The number of hydrogen-bond acceptors (Lipinski definition) is 10. The number of nitrogens with zero attached hydrogens (tertiary/aromatic N) is 4. The molecule has 6 atom stereocenters. The minimum Gasteiger partial charge on any atom is -0.457 e. The van der Waals surface area contributed by atoms with Crippen molar-refractivity contribution in [2.75, 3.05) is 27.3 Å². The van der Waals surface area contributed by atoms with E-state index in [2.05, 4.69) is 38.8 Å². The minimum atomic E-state index is -0.739. The summed E-state index contributed by atoms with van der Waals surface area (Å²) in [6.45, 7) is 8.67. The van der Waals surface area contributed by atoms with E-state index in [1.165, 1.54) is 14.2 Å². The summed E-state index contributed by atoms with van der Waals surface area (Å²) in [5, 5.41) is 5.40. The summed E-state index contributed by atoms with van der Waals surface area (Å²) in [6, 6.07) is 10.3. The zero-order valence-electron chi connectivity index (χ0n) is 35.4. The Morgan fingerprint density at radius 3 is 1.72 bits per heavy atom. The molecule has 1 aliphatic carbocycles. The molecule has 61 heavy (non-hydrogen) atoms. The third-order valence-corrected chi connectivity index (χ3v) is 12.7. The zero-order chi connectivity index (χ0) is 43.1. The maximum absolute atomic E-state index is 13.8. The Hall–Kier alpha value is -6.19. The number of hydrogen-bond donors (Lipinski definition) is 4. The van der Waals surface area contributed by atoms with Crippen LogP contribution in [0.5, 0.6) is 0 Å². The van der Waals surface area contributed by atoms with Gasteiger partial charge in [0.25, 0.3) is 0 Å². The third-order valence-electron chi connectivity index (χ3n) is 12.7. The molecule has 2 unspecified atom stereocenters. The Morgan fingerprint density at radius 1 is 0.689 bits per heavy atom. The number of benzene rings is 2. The molecule has 2 bridgehead atoms. The van der Waals surface area contributed by atoms with Crippen LogP contribution in [0.3, 0.4) is 0 Å². The quantitative estimate of drug-likeness (QED) is 0.0931. The molecule has 2 aromatic heterocycles. The van der Waals surface area contributed by atoms with Crippen LogP contribution < -0.4 is 10.6 Å². The van der Waals surface area contributed by atoms with Crippen molar-refractivity contribution in [3.63, 3.8) is 0 Å². The van der Waals surface area contributed by atoms with E-state index in [0.717, 1.165) is 76.9 Å². The van der Waals surface area contributed by atoms with E-state index in [4.69, 9.17) is 24.2 Å². The van der Waals surface area contributed by atoms with E-state index in [1.807, 2.05) is 45.9 Å². The Bertz CT molecular complexity index is 2320. The van der Waals surface area contributed by atoms with Gasteiger partial charge < -0.3 is 44.6 Å². The number of aromatic amines is 2. The first kappa shape index (κ1) is 41.5. The van der Waals surface area contributed by atoms with Crippen molar-refractivity contribution in [2.24, 2.45) is 11.8 Å². The predicted octanol–water partition coefficient (Wildman–Crippen LogP) is 6.70. The molecule has 4 amide bonds. The molecule has 3 saturated heterocycles. The summed E-state index contributed by atoms with van der Waals surface area (Å²) in [5.74, 6) is 0.0876. The Balaban J connectivity index is 1.04. The van der Waals surface area contributed by atoms with Gasteiger partial charge in [-0.1, -0.05) is 64.1 Å². The van der Waals surface area contributed by atoms with Crippen molar-refractivity contribution < 1.29 is 38.2 Å². The minimum absolute atomic E-state index is 0.129. The number of carbonyl (C=O) groups excluding carboxylic acids is 5. The first-order valence-corrected chi connectivity index (χ1v) is 21.3. The van der Waals surface area contributed by atoms with Crippen LogP contribution in [0.4, 0.5) is 9.59 Å². The lowest BCUT2D eigenvalue weighted by Crippen LogP contribution is -2.51. The van der Waals surface area contributed by atoms with Gasteiger partial charge in [-0.05, 0) is 72.6 Å². The molecule has 6 heterocycles. The van der Waals surface area contributed by atoms with Crippen LogP contribution in [0.25, 0.3) is 33.6 Å². The number of imidazole rings is 2. The number of fused-ring (bicyclic) bond motifs is 2. The normalized spacial score (nSPS) is 21.6. The number of nitrogens with one attached hydrogen (secondary N) is 4. The summed E-state index contributed by atoms with van der Waals surface area (Å²) >= 11 is 0. The molecule has 0 radical (unpaired) electrons. The van der Waals surface area contributed by atoms with Crippen LogP contribution in [0, 0.1) is 11.8 Å². The second-order valence-electron chi connectivity index (χ2n) is 17.1. The molecule has 0 saturated carbocycles. The number of aromatic nitrogens is 4. The molecule has 16 nitrogen and oxygen atoms in total. The fraction of sp³-hybridized carbons (Fsp3) is 0.489. The first-order valence-electron chi connectivity index (χ1n) is 21.3. The number of alkyl carbamates (subject to hydrolysis) is 2. The van der Waals surface area contributed by atoms with Gasteiger partial charge in [0.2, 0.25) is 11.8 Å². The second-order valence-corrected chi connectivity index (χ2v) is 17.1. The summed E-state index contributed by atoms with van der Waals surface area (Å²) in [6.07, 6.45) is 6.41. The summed E-state index contributed by atoms with van der Waals surface area (Å²) < 4.78 is 15.5. The van der Waals surface area contributed by atoms with E-state index in [0.29, 0.717) is 31.2 Å². The number of methoxy groups -OCH3 is 2. The van der Waals surface area contributed by atoms with Crippen LogP contribution in [0.15, 0.2) is 48.8 Å². The lowest BCUT2D eigenvalue weighted by Gasteiger charge is -2.39. The number of esters is 1. The number of likely N-dealkylation sites (tertiary alicyclic amines) is 2. The van der Waals surface area contributed by atoms with Gasteiger partial charge in [0.05, 0.1) is 56.0 Å². The standard InChI is InChI=1S/C45H54N8O8/c1-23(2)37(50-44(57)59-5)41(54)52-19-7-9-32(52)39-46-21-30(48-39)26-13-11-25(12-14-26)27-15-16-28(35-29-17-18-34(36(27)35)61-43(29)56)31-22-47-40(49-31)33-10-8-20-53(33)42(55)38(24(3)4)51-45(58)60-6/h11-16,21-24,29,32-34,37-38H,7-10,17-20H2,1-6H3,(H,46,48)(H,47,49)(H,50,57)(H,51,58)/t29?,32-,33+,34?,37-,38+/m0/s1. The van der Waals surface area contributed by atoms with Gasteiger partial charge in [-0.15, -0.1) is 0 Å². The van der Waals surface area contributed by atoms with E-state index in [1.54, 1.807) is 22.2 Å².